The van der Waals surface area contributed by atoms with Crippen LogP contribution < -0.4 is 5.32 Å². The van der Waals surface area contributed by atoms with Crippen LogP contribution in [-0.4, -0.2) is 49.8 Å². The lowest BCUT2D eigenvalue weighted by molar-refractivity contribution is -0.0718. The summed E-state index contributed by atoms with van der Waals surface area (Å²) in [5.74, 6) is 0. The predicted molar refractivity (Wildman–Crippen MR) is 59.6 cm³/mol. The topological polar surface area (TPSA) is 24.5 Å². The Hall–Kier alpha value is -0.120. The second-order valence-corrected chi connectivity index (χ2v) is 4.34. The highest BCUT2D eigenvalue weighted by Crippen LogP contribution is 2.14. The summed E-state index contributed by atoms with van der Waals surface area (Å²) < 4.78 is 5.84. The molecule has 1 rings (SSSR count). The maximum absolute atomic E-state index is 5.84. The Balaban J connectivity index is 2.06. The van der Waals surface area contributed by atoms with Gasteiger partial charge in [0.05, 0.1) is 12.2 Å². The van der Waals surface area contributed by atoms with Crippen molar-refractivity contribution in [1.82, 2.24) is 10.2 Å². The number of hydrogen-bond donors (Lipinski definition) is 1. The molecule has 3 nitrogen and oxygen atoms in total. The van der Waals surface area contributed by atoms with Gasteiger partial charge in [-0.05, 0) is 26.4 Å². The fraction of sp³-hybridized carbons (Fsp3) is 1.00. The van der Waals surface area contributed by atoms with Crippen molar-refractivity contribution in [3.8, 4) is 0 Å². The number of hydrogen-bond acceptors (Lipinski definition) is 3. The highest BCUT2D eigenvalue weighted by Gasteiger charge is 2.32. The first-order chi connectivity index (χ1) is 6.70. The molecule has 1 aliphatic rings. The van der Waals surface area contributed by atoms with E-state index >= 15 is 0 Å². The first kappa shape index (κ1) is 12.0. The minimum absolute atomic E-state index is 0.117. The molecule has 0 radical (unpaired) electrons. The van der Waals surface area contributed by atoms with Gasteiger partial charge in [-0.1, -0.05) is 13.8 Å². The van der Waals surface area contributed by atoms with E-state index < -0.39 is 0 Å². The summed E-state index contributed by atoms with van der Waals surface area (Å²) >= 11 is 0. The second-order valence-electron chi connectivity index (χ2n) is 4.34. The summed E-state index contributed by atoms with van der Waals surface area (Å²) in [6.45, 7) is 12.9. The highest BCUT2D eigenvalue weighted by molar-refractivity contribution is 4.90. The lowest BCUT2D eigenvalue weighted by Crippen LogP contribution is -2.59. The van der Waals surface area contributed by atoms with Crippen molar-refractivity contribution in [1.29, 1.82) is 0 Å². The fourth-order valence-electron chi connectivity index (χ4n) is 1.74. The van der Waals surface area contributed by atoms with E-state index in [0.717, 1.165) is 32.8 Å². The number of rotatable bonds is 7. The summed E-state index contributed by atoms with van der Waals surface area (Å²) in [5.41, 5.74) is 0.117. The molecule has 1 fully saturated rings. The Bertz CT molecular complexity index is 157. The Morgan fingerprint density at radius 2 is 2.00 bits per heavy atom. The third-order valence-corrected chi connectivity index (χ3v) is 2.84. The van der Waals surface area contributed by atoms with Crippen LogP contribution in [0.4, 0.5) is 0 Å². The van der Waals surface area contributed by atoms with Gasteiger partial charge in [0.25, 0.3) is 0 Å². The number of nitrogens with one attached hydrogen (secondary N) is 1. The quantitative estimate of drug-likeness (QED) is 0.666. The minimum atomic E-state index is 0.117. The number of likely N-dealkylation sites (N-methyl/N-ethyl adjacent to an activating group) is 1. The van der Waals surface area contributed by atoms with Crippen LogP contribution in [0.1, 0.15) is 27.2 Å². The van der Waals surface area contributed by atoms with Gasteiger partial charge >= 0.3 is 0 Å². The molecule has 1 N–H and O–H groups in total. The normalized spacial score (nSPS) is 19.7. The molecule has 84 valence electrons. The Morgan fingerprint density at radius 1 is 1.29 bits per heavy atom. The molecule has 0 aliphatic carbocycles. The predicted octanol–water partition coefficient (Wildman–Crippen LogP) is 1.10. The van der Waals surface area contributed by atoms with Crippen molar-refractivity contribution in [2.45, 2.75) is 32.8 Å². The highest BCUT2D eigenvalue weighted by atomic mass is 16.5. The minimum Gasteiger partial charge on any atom is -0.371 e. The van der Waals surface area contributed by atoms with Crippen LogP contribution in [0.2, 0.25) is 0 Å². The zero-order valence-electron chi connectivity index (χ0n) is 9.81. The van der Waals surface area contributed by atoms with Gasteiger partial charge in [-0.2, -0.15) is 0 Å². The van der Waals surface area contributed by atoms with Crippen LogP contribution in [-0.2, 0) is 4.74 Å². The van der Waals surface area contributed by atoms with Crippen molar-refractivity contribution in [2.24, 2.45) is 0 Å². The Morgan fingerprint density at radius 3 is 2.43 bits per heavy atom. The maximum Gasteiger partial charge on any atom is 0.0902 e. The molecule has 0 spiro atoms. The third-order valence-electron chi connectivity index (χ3n) is 2.84. The van der Waals surface area contributed by atoms with E-state index in [2.05, 4.69) is 31.0 Å². The molecule has 0 atom stereocenters. The second kappa shape index (κ2) is 5.69. The molecular weight excluding hydrogens is 176 g/mol. The molecule has 0 aromatic carbocycles. The number of ether oxygens (including phenoxy) is 1. The van der Waals surface area contributed by atoms with Crippen molar-refractivity contribution in [3.05, 3.63) is 0 Å². The zero-order chi connectivity index (χ0) is 10.4. The first-order valence-corrected chi connectivity index (χ1v) is 5.77. The van der Waals surface area contributed by atoms with Crippen LogP contribution in [0, 0.1) is 0 Å². The summed E-state index contributed by atoms with van der Waals surface area (Å²) in [5, 5.41) is 3.24. The number of nitrogens with zero attached hydrogens (tertiary/aromatic N) is 1. The summed E-state index contributed by atoms with van der Waals surface area (Å²) in [6.07, 6.45) is 1.23. The van der Waals surface area contributed by atoms with Crippen LogP contribution in [0.15, 0.2) is 0 Å². The van der Waals surface area contributed by atoms with Gasteiger partial charge in [0.15, 0.2) is 0 Å². The van der Waals surface area contributed by atoms with Gasteiger partial charge in [-0.15, -0.1) is 0 Å². The standard InChI is InChI=1S/C11H24N2O/c1-4-6-13(5-2)7-8-14-11(3)9-12-10-11/h12H,4-10H2,1-3H3. The molecule has 14 heavy (non-hydrogen) atoms. The summed E-state index contributed by atoms with van der Waals surface area (Å²) in [7, 11) is 0. The zero-order valence-corrected chi connectivity index (χ0v) is 9.81. The smallest absolute Gasteiger partial charge is 0.0902 e. The average Bonchev–Trinajstić information content (AvgIpc) is 2.14. The first-order valence-electron chi connectivity index (χ1n) is 5.77. The average molecular weight is 200 g/mol. The van der Waals surface area contributed by atoms with E-state index in [-0.39, 0.29) is 5.60 Å². The van der Waals surface area contributed by atoms with E-state index in [1.807, 2.05) is 0 Å². The Labute approximate surface area is 87.8 Å². The Kier molecular flexibility index (Phi) is 4.85. The van der Waals surface area contributed by atoms with E-state index in [1.165, 1.54) is 13.0 Å². The van der Waals surface area contributed by atoms with Gasteiger partial charge < -0.3 is 15.0 Å². The van der Waals surface area contributed by atoms with Crippen LogP contribution in [0.5, 0.6) is 0 Å². The molecule has 0 bridgehead atoms. The molecule has 0 saturated carbocycles. The van der Waals surface area contributed by atoms with Gasteiger partial charge in [0, 0.05) is 19.6 Å². The molecule has 1 saturated heterocycles. The molecule has 0 amide bonds. The maximum atomic E-state index is 5.84. The SMILES string of the molecule is CCCN(CC)CCOC1(C)CNC1. The molecular formula is C11H24N2O. The van der Waals surface area contributed by atoms with Crippen LogP contribution in [0.25, 0.3) is 0 Å². The van der Waals surface area contributed by atoms with Crippen molar-refractivity contribution < 1.29 is 4.74 Å². The van der Waals surface area contributed by atoms with Gasteiger partial charge in [-0.3, -0.25) is 0 Å². The third kappa shape index (κ3) is 3.56. The van der Waals surface area contributed by atoms with Crippen molar-refractivity contribution in [3.63, 3.8) is 0 Å². The monoisotopic (exact) mass is 200 g/mol. The molecule has 1 heterocycles. The molecule has 3 heteroatoms. The van der Waals surface area contributed by atoms with E-state index in [9.17, 15) is 0 Å². The lowest BCUT2D eigenvalue weighted by Gasteiger charge is -2.39. The molecule has 0 aromatic rings. The fourth-order valence-corrected chi connectivity index (χ4v) is 1.74. The van der Waals surface area contributed by atoms with Crippen LogP contribution in [0.3, 0.4) is 0 Å². The molecule has 0 aromatic heterocycles. The molecule has 0 unspecified atom stereocenters. The summed E-state index contributed by atoms with van der Waals surface area (Å²) in [4.78, 5) is 2.44. The largest absolute Gasteiger partial charge is 0.371 e. The lowest BCUT2D eigenvalue weighted by atomic mass is 10.0. The van der Waals surface area contributed by atoms with E-state index in [4.69, 9.17) is 4.74 Å². The van der Waals surface area contributed by atoms with E-state index in [0.29, 0.717) is 0 Å². The van der Waals surface area contributed by atoms with E-state index in [1.54, 1.807) is 0 Å². The van der Waals surface area contributed by atoms with Crippen molar-refractivity contribution in [2.75, 3.05) is 39.3 Å². The van der Waals surface area contributed by atoms with Gasteiger partial charge in [-0.25, -0.2) is 0 Å². The van der Waals surface area contributed by atoms with Crippen LogP contribution >= 0.6 is 0 Å². The summed E-state index contributed by atoms with van der Waals surface area (Å²) in [6, 6.07) is 0. The van der Waals surface area contributed by atoms with Crippen molar-refractivity contribution >= 4 is 0 Å². The van der Waals surface area contributed by atoms with Gasteiger partial charge in [0.2, 0.25) is 0 Å². The molecule has 1 aliphatic heterocycles. The van der Waals surface area contributed by atoms with Gasteiger partial charge in [0.1, 0.15) is 0 Å².